The van der Waals surface area contributed by atoms with Gasteiger partial charge in [-0.05, 0) is 25.7 Å². The third kappa shape index (κ3) is 3.81. The van der Waals surface area contributed by atoms with Gasteiger partial charge in [0.15, 0.2) is 0 Å². The van der Waals surface area contributed by atoms with E-state index in [1.165, 1.54) is 6.42 Å². The Kier molecular flexibility index (Phi) is 4.66. The molecule has 2 unspecified atom stereocenters. The minimum Gasteiger partial charge on any atom is -0.381 e. The van der Waals surface area contributed by atoms with Gasteiger partial charge >= 0.3 is 0 Å². The smallest absolute Gasteiger partial charge is 0.230 e. The van der Waals surface area contributed by atoms with Crippen LogP contribution in [0.1, 0.15) is 52.3 Å². The van der Waals surface area contributed by atoms with E-state index >= 15 is 0 Å². The van der Waals surface area contributed by atoms with Gasteiger partial charge in [0.2, 0.25) is 11.9 Å². The molecule has 1 aliphatic rings. The molecule has 0 aliphatic heterocycles. The summed E-state index contributed by atoms with van der Waals surface area (Å²) in [5.41, 5.74) is 5.72. The molecule has 2 N–H and O–H groups in total. The summed E-state index contributed by atoms with van der Waals surface area (Å²) in [6.45, 7) is 6.23. The Hall–Kier alpha value is -1.43. The molecule has 6 heteroatoms. The van der Waals surface area contributed by atoms with Gasteiger partial charge in [0.1, 0.15) is 5.82 Å². The summed E-state index contributed by atoms with van der Waals surface area (Å²) in [6.07, 6.45) is 4.76. The minimum absolute atomic E-state index is 0.145. The molecule has 1 aliphatic carbocycles. The van der Waals surface area contributed by atoms with E-state index in [2.05, 4.69) is 40.6 Å². The summed E-state index contributed by atoms with van der Waals surface area (Å²) >= 11 is 0. The summed E-state index contributed by atoms with van der Waals surface area (Å²) in [5, 5.41) is 0. The molecule has 0 aromatic carbocycles. The second-order valence-corrected chi connectivity index (χ2v) is 6.86. The summed E-state index contributed by atoms with van der Waals surface area (Å²) in [7, 11) is 3.82. The largest absolute Gasteiger partial charge is 0.381 e. The number of aromatic nitrogens is 3. The van der Waals surface area contributed by atoms with Crippen LogP contribution in [0.3, 0.4) is 0 Å². The van der Waals surface area contributed by atoms with Crippen LogP contribution in [0.2, 0.25) is 0 Å². The van der Waals surface area contributed by atoms with Gasteiger partial charge in [-0.3, -0.25) is 0 Å². The number of nitrogens with zero attached hydrogens (tertiary/aromatic N) is 4. The molecule has 0 radical (unpaired) electrons. The van der Waals surface area contributed by atoms with Crippen molar-refractivity contribution in [2.24, 2.45) is 0 Å². The van der Waals surface area contributed by atoms with Gasteiger partial charge in [0.05, 0.1) is 6.10 Å². The average molecular weight is 293 g/mol. The Bertz CT molecular complexity index is 485. The molecule has 1 saturated carbocycles. The quantitative estimate of drug-likeness (QED) is 0.920. The fraction of sp³-hybridized carbons (Fsp3) is 0.800. The van der Waals surface area contributed by atoms with Crippen molar-refractivity contribution in [2.75, 3.05) is 24.8 Å². The van der Waals surface area contributed by atoms with E-state index < -0.39 is 0 Å². The number of ether oxygens (including phenoxy) is 1. The van der Waals surface area contributed by atoms with Crippen molar-refractivity contribution < 1.29 is 4.74 Å². The van der Waals surface area contributed by atoms with E-state index in [4.69, 9.17) is 10.5 Å². The molecule has 2 rings (SSSR count). The number of hydrogen-bond acceptors (Lipinski definition) is 6. The van der Waals surface area contributed by atoms with Crippen LogP contribution in [0.15, 0.2) is 0 Å². The number of nitrogen functional groups attached to an aromatic ring is 1. The molecular weight excluding hydrogens is 266 g/mol. The number of anilines is 2. The molecule has 0 amide bonds. The van der Waals surface area contributed by atoms with E-state index in [0.29, 0.717) is 18.1 Å². The van der Waals surface area contributed by atoms with E-state index in [-0.39, 0.29) is 11.4 Å². The zero-order chi connectivity index (χ0) is 15.6. The topological polar surface area (TPSA) is 77.2 Å². The van der Waals surface area contributed by atoms with Crippen LogP contribution in [0.5, 0.6) is 0 Å². The Morgan fingerprint density at radius 2 is 1.90 bits per heavy atom. The van der Waals surface area contributed by atoms with Crippen LogP contribution >= 0.6 is 0 Å². The van der Waals surface area contributed by atoms with Crippen LogP contribution in [0, 0.1) is 0 Å². The molecule has 6 nitrogen and oxygen atoms in total. The lowest BCUT2D eigenvalue weighted by Crippen LogP contribution is -2.39. The van der Waals surface area contributed by atoms with Crippen molar-refractivity contribution in [1.82, 2.24) is 15.0 Å². The molecule has 1 aromatic heterocycles. The number of methoxy groups -OCH3 is 1. The lowest BCUT2D eigenvalue weighted by Gasteiger charge is -2.35. The monoisotopic (exact) mass is 293 g/mol. The molecule has 0 spiro atoms. The Morgan fingerprint density at radius 1 is 1.19 bits per heavy atom. The van der Waals surface area contributed by atoms with E-state index in [9.17, 15) is 0 Å². The van der Waals surface area contributed by atoms with Crippen molar-refractivity contribution in [3.63, 3.8) is 0 Å². The van der Waals surface area contributed by atoms with Crippen molar-refractivity contribution in [3.05, 3.63) is 5.82 Å². The SMILES string of the molecule is COC1CCCC(N(C)c2nc(N)nc(C(C)(C)C)n2)C1. The maximum atomic E-state index is 5.86. The number of hydrogen-bond donors (Lipinski definition) is 1. The number of rotatable bonds is 3. The zero-order valence-corrected chi connectivity index (χ0v) is 13.8. The summed E-state index contributed by atoms with van der Waals surface area (Å²) in [4.78, 5) is 15.3. The highest BCUT2D eigenvalue weighted by molar-refractivity contribution is 5.36. The minimum atomic E-state index is -0.145. The normalized spacial score (nSPS) is 23.1. The molecule has 1 aromatic rings. The van der Waals surface area contributed by atoms with Crippen molar-refractivity contribution in [2.45, 2.75) is 64.0 Å². The number of nitrogens with two attached hydrogens (primary N) is 1. The van der Waals surface area contributed by atoms with Crippen LogP contribution in [0.25, 0.3) is 0 Å². The van der Waals surface area contributed by atoms with Gasteiger partial charge < -0.3 is 15.4 Å². The first kappa shape index (κ1) is 15.9. The van der Waals surface area contributed by atoms with Gasteiger partial charge in [0.25, 0.3) is 0 Å². The van der Waals surface area contributed by atoms with Crippen LogP contribution < -0.4 is 10.6 Å². The maximum Gasteiger partial charge on any atom is 0.230 e. The van der Waals surface area contributed by atoms with Gasteiger partial charge in [-0.2, -0.15) is 15.0 Å². The molecule has 21 heavy (non-hydrogen) atoms. The first-order chi connectivity index (χ1) is 9.81. The molecule has 1 heterocycles. The van der Waals surface area contributed by atoms with Gasteiger partial charge in [-0.15, -0.1) is 0 Å². The highest BCUT2D eigenvalue weighted by Gasteiger charge is 2.27. The van der Waals surface area contributed by atoms with E-state index in [0.717, 1.165) is 25.1 Å². The molecule has 2 atom stereocenters. The highest BCUT2D eigenvalue weighted by Crippen LogP contribution is 2.27. The fourth-order valence-electron chi connectivity index (χ4n) is 2.72. The molecule has 1 fully saturated rings. The molecule has 0 bridgehead atoms. The van der Waals surface area contributed by atoms with Crippen molar-refractivity contribution in [3.8, 4) is 0 Å². The highest BCUT2D eigenvalue weighted by atomic mass is 16.5. The average Bonchev–Trinajstić information content (AvgIpc) is 2.45. The predicted octanol–water partition coefficient (Wildman–Crippen LogP) is 2.15. The first-order valence-electron chi connectivity index (χ1n) is 7.59. The summed E-state index contributed by atoms with van der Waals surface area (Å²) in [5.74, 6) is 1.68. The third-order valence-corrected chi connectivity index (χ3v) is 4.11. The predicted molar refractivity (Wildman–Crippen MR) is 84.4 cm³/mol. The Morgan fingerprint density at radius 3 is 2.52 bits per heavy atom. The van der Waals surface area contributed by atoms with Crippen molar-refractivity contribution in [1.29, 1.82) is 0 Å². The van der Waals surface area contributed by atoms with E-state index in [1.807, 2.05) is 7.05 Å². The summed E-state index contributed by atoms with van der Waals surface area (Å²) < 4.78 is 5.50. The lowest BCUT2D eigenvalue weighted by atomic mass is 9.92. The maximum absolute atomic E-state index is 5.86. The van der Waals surface area contributed by atoms with Gasteiger partial charge in [-0.25, -0.2) is 0 Å². The van der Waals surface area contributed by atoms with Crippen molar-refractivity contribution >= 4 is 11.9 Å². The van der Waals surface area contributed by atoms with Gasteiger partial charge in [-0.1, -0.05) is 20.8 Å². The van der Waals surface area contributed by atoms with Gasteiger partial charge in [0, 0.05) is 25.6 Å². The Balaban J connectivity index is 2.22. The second-order valence-electron chi connectivity index (χ2n) is 6.86. The standard InChI is InChI=1S/C15H27N5O/c1-15(2,3)12-17-13(16)19-14(18-12)20(4)10-7-6-8-11(9-10)21-5/h10-11H,6-9H2,1-5H3,(H2,16,17,18,19). The van der Waals surface area contributed by atoms with E-state index in [1.54, 1.807) is 7.11 Å². The van der Waals surface area contributed by atoms with Crippen LogP contribution in [-0.4, -0.2) is 41.3 Å². The molecule has 118 valence electrons. The molecular formula is C15H27N5O. The van der Waals surface area contributed by atoms with Crippen LogP contribution in [0.4, 0.5) is 11.9 Å². The molecule has 0 saturated heterocycles. The Labute approximate surface area is 127 Å². The zero-order valence-electron chi connectivity index (χ0n) is 13.8. The second kappa shape index (κ2) is 6.13. The fourth-order valence-corrected chi connectivity index (χ4v) is 2.72. The van der Waals surface area contributed by atoms with Crippen LogP contribution in [-0.2, 0) is 10.2 Å². The first-order valence-corrected chi connectivity index (χ1v) is 7.59. The lowest BCUT2D eigenvalue weighted by molar-refractivity contribution is 0.0636. The summed E-state index contributed by atoms with van der Waals surface area (Å²) in [6, 6.07) is 0.387. The third-order valence-electron chi connectivity index (χ3n) is 4.11.